The van der Waals surface area contributed by atoms with Gasteiger partial charge in [-0.1, -0.05) is 26.5 Å². The minimum Gasteiger partial charge on any atom is -0.241 e. The Labute approximate surface area is 79.6 Å². The summed E-state index contributed by atoms with van der Waals surface area (Å²) in [4.78, 5) is 0. The number of aryl methyl sites for hydroxylation is 1. The second-order valence-electron chi connectivity index (χ2n) is 3.50. The lowest BCUT2D eigenvalue weighted by Gasteiger charge is -2.00. The van der Waals surface area contributed by atoms with E-state index < -0.39 is 0 Å². The summed E-state index contributed by atoms with van der Waals surface area (Å²) >= 11 is 0. The van der Waals surface area contributed by atoms with Gasteiger partial charge in [0.2, 0.25) is 0 Å². The molecule has 70 valence electrons. The van der Waals surface area contributed by atoms with Gasteiger partial charge in [0.1, 0.15) is 0 Å². The molecule has 0 aliphatic carbocycles. The van der Waals surface area contributed by atoms with Crippen LogP contribution in [0.1, 0.15) is 19.5 Å². The van der Waals surface area contributed by atoms with E-state index in [1.807, 2.05) is 25.3 Å². The van der Waals surface area contributed by atoms with Gasteiger partial charge in [-0.2, -0.15) is 5.10 Å². The van der Waals surface area contributed by atoms with Gasteiger partial charge in [-0.3, -0.25) is 0 Å². The first kappa shape index (κ1) is 9.78. The molecule has 0 saturated carbocycles. The van der Waals surface area contributed by atoms with E-state index in [2.05, 4.69) is 31.6 Å². The molecule has 1 rings (SSSR count). The van der Waals surface area contributed by atoms with Crippen LogP contribution in [0.15, 0.2) is 31.0 Å². The molecule has 2 nitrogen and oxygen atoms in total. The average Bonchev–Trinajstić information content (AvgIpc) is 2.47. The topological polar surface area (TPSA) is 17.8 Å². The van der Waals surface area contributed by atoms with E-state index in [-0.39, 0.29) is 0 Å². The molecule has 0 fully saturated rings. The van der Waals surface area contributed by atoms with Gasteiger partial charge in [0, 0.05) is 6.20 Å². The monoisotopic (exact) mass is 176 g/mol. The minimum atomic E-state index is 0.549. The van der Waals surface area contributed by atoms with E-state index in [0.29, 0.717) is 5.92 Å². The predicted octanol–water partition coefficient (Wildman–Crippen LogP) is 2.87. The van der Waals surface area contributed by atoms with E-state index in [1.165, 1.54) is 0 Å². The fourth-order valence-corrected chi connectivity index (χ4v) is 0.955. The van der Waals surface area contributed by atoms with Gasteiger partial charge < -0.3 is 0 Å². The largest absolute Gasteiger partial charge is 0.241 e. The van der Waals surface area contributed by atoms with E-state index in [4.69, 9.17) is 0 Å². The first-order valence-electron chi connectivity index (χ1n) is 4.49. The van der Waals surface area contributed by atoms with Crippen molar-refractivity contribution < 1.29 is 0 Å². The van der Waals surface area contributed by atoms with Crippen LogP contribution in [0.5, 0.6) is 0 Å². The second-order valence-corrected chi connectivity index (χ2v) is 3.50. The van der Waals surface area contributed by atoms with Gasteiger partial charge in [0.25, 0.3) is 0 Å². The zero-order valence-corrected chi connectivity index (χ0v) is 8.49. The Morgan fingerprint density at radius 2 is 2.31 bits per heavy atom. The Bertz CT molecular complexity index is 319. The van der Waals surface area contributed by atoms with Crippen LogP contribution in [0.3, 0.4) is 0 Å². The molecule has 1 heterocycles. The molecule has 0 aliphatic heterocycles. The highest BCUT2D eigenvalue weighted by Gasteiger charge is 1.94. The number of rotatable bonds is 3. The number of nitrogens with zero attached hydrogens (tertiary/aromatic N) is 2. The Morgan fingerprint density at radius 3 is 2.77 bits per heavy atom. The van der Waals surface area contributed by atoms with Crippen LogP contribution in [-0.2, 0) is 0 Å². The van der Waals surface area contributed by atoms with Crippen molar-refractivity contribution in [1.29, 1.82) is 0 Å². The second kappa shape index (κ2) is 4.08. The Hall–Kier alpha value is -1.31. The Balaban J connectivity index is 2.69. The van der Waals surface area contributed by atoms with Crippen LogP contribution < -0.4 is 0 Å². The summed E-state index contributed by atoms with van der Waals surface area (Å²) in [5.74, 6) is 0.549. The Morgan fingerprint density at radius 1 is 1.62 bits per heavy atom. The van der Waals surface area contributed by atoms with E-state index in [9.17, 15) is 0 Å². The number of allylic oxidation sites excluding steroid dienone is 3. The molecule has 0 N–H and O–H groups in total. The van der Waals surface area contributed by atoms with E-state index >= 15 is 0 Å². The molecule has 0 unspecified atom stereocenters. The van der Waals surface area contributed by atoms with Crippen molar-refractivity contribution in [1.82, 2.24) is 9.78 Å². The third kappa shape index (κ3) is 2.90. The molecule has 0 aromatic carbocycles. The maximum atomic E-state index is 4.25. The molecule has 1 aromatic heterocycles. The van der Waals surface area contributed by atoms with Crippen molar-refractivity contribution in [2.24, 2.45) is 5.92 Å². The predicted molar refractivity (Wildman–Crippen MR) is 56.3 cm³/mol. The third-order valence-corrected chi connectivity index (χ3v) is 1.69. The molecule has 1 aromatic rings. The normalized spacial score (nSPS) is 11.4. The smallest absolute Gasteiger partial charge is 0.0598 e. The van der Waals surface area contributed by atoms with Gasteiger partial charge in [-0.05, 0) is 25.0 Å². The summed E-state index contributed by atoms with van der Waals surface area (Å²) in [5.41, 5.74) is 1.92. The molecule has 0 saturated heterocycles. The summed E-state index contributed by atoms with van der Waals surface area (Å²) in [6.45, 7) is 10.2. The molecule has 0 bridgehead atoms. The summed E-state index contributed by atoms with van der Waals surface area (Å²) < 4.78 is 1.79. The van der Waals surface area contributed by atoms with Crippen LogP contribution >= 0.6 is 0 Å². The molecule has 0 amide bonds. The number of aromatic nitrogens is 2. The van der Waals surface area contributed by atoms with Gasteiger partial charge in [-0.25, -0.2) is 4.68 Å². The van der Waals surface area contributed by atoms with E-state index in [1.54, 1.807) is 4.68 Å². The average molecular weight is 176 g/mol. The molecule has 2 heteroatoms. The van der Waals surface area contributed by atoms with Gasteiger partial charge >= 0.3 is 0 Å². The van der Waals surface area contributed by atoms with Crippen molar-refractivity contribution in [3.05, 3.63) is 36.7 Å². The minimum absolute atomic E-state index is 0.549. The summed E-state index contributed by atoms with van der Waals surface area (Å²) in [6.07, 6.45) is 6.03. The fraction of sp³-hybridized carbons (Fsp3) is 0.364. The third-order valence-electron chi connectivity index (χ3n) is 1.69. The molecule has 13 heavy (non-hydrogen) atoms. The first-order valence-corrected chi connectivity index (χ1v) is 4.49. The van der Waals surface area contributed by atoms with Gasteiger partial charge in [-0.15, -0.1) is 0 Å². The quantitative estimate of drug-likeness (QED) is 0.647. The van der Waals surface area contributed by atoms with Crippen LogP contribution in [0.25, 0.3) is 5.70 Å². The highest BCUT2D eigenvalue weighted by molar-refractivity contribution is 5.52. The Kier molecular flexibility index (Phi) is 3.07. The van der Waals surface area contributed by atoms with Crippen molar-refractivity contribution in [2.45, 2.75) is 20.8 Å². The number of hydrogen-bond donors (Lipinski definition) is 0. The molecule has 0 radical (unpaired) electrons. The maximum Gasteiger partial charge on any atom is 0.0598 e. The van der Waals surface area contributed by atoms with Crippen molar-refractivity contribution in [2.75, 3.05) is 0 Å². The number of hydrogen-bond acceptors (Lipinski definition) is 1. The summed E-state index contributed by atoms with van der Waals surface area (Å²) in [6, 6.07) is 1.97. The highest BCUT2D eigenvalue weighted by atomic mass is 15.3. The van der Waals surface area contributed by atoms with Crippen LogP contribution in [0, 0.1) is 12.8 Å². The molecular formula is C11H16N2. The van der Waals surface area contributed by atoms with E-state index in [0.717, 1.165) is 11.4 Å². The van der Waals surface area contributed by atoms with Crippen molar-refractivity contribution in [3.8, 4) is 0 Å². The van der Waals surface area contributed by atoms with Crippen molar-refractivity contribution in [3.63, 3.8) is 0 Å². The van der Waals surface area contributed by atoms with Gasteiger partial charge in [0.15, 0.2) is 0 Å². The lowest BCUT2D eigenvalue weighted by Crippen LogP contribution is -1.94. The van der Waals surface area contributed by atoms with Gasteiger partial charge in [0.05, 0.1) is 11.4 Å². The van der Waals surface area contributed by atoms with Crippen LogP contribution in [0.2, 0.25) is 0 Å². The fourth-order valence-electron chi connectivity index (χ4n) is 0.955. The lowest BCUT2D eigenvalue weighted by atomic mass is 10.2. The van der Waals surface area contributed by atoms with Crippen molar-refractivity contribution >= 4 is 5.70 Å². The summed E-state index contributed by atoms with van der Waals surface area (Å²) in [5, 5.41) is 4.25. The zero-order chi connectivity index (χ0) is 9.84. The first-order chi connectivity index (χ1) is 6.09. The molecular weight excluding hydrogens is 160 g/mol. The SMILES string of the molecule is C=C(/C=C\C(C)C)n1ccc(C)n1. The summed E-state index contributed by atoms with van der Waals surface area (Å²) in [7, 11) is 0. The standard InChI is InChI=1S/C11H16N2/c1-9(2)5-6-11(4)13-8-7-10(3)12-13/h5-9H,4H2,1-3H3/b6-5-. The maximum absolute atomic E-state index is 4.25. The van der Waals surface area contributed by atoms with Crippen LogP contribution in [-0.4, -0.2) is 9.78 Å². The molecule has 0 aliphatic rings. The highest BCUT2D eigenvalue weighted by Crippen LogP contribution is 2.05. The lowest BCUT2D eigenvalue weighted by molar-refractivity contribution is 0.827. The molecule has 0 spiro atoms. The van der Waals surface area contributed by atoms with Crippen LogP contribution in [0.4, 0.5) is 0 Å². The molecule has 0 atom stereocenters. The zero-order valence-electron chi connectivity index (χ0n) is 8.49.